The number of nitrogens with zero attached hydrogens (tertiary/aromatic N) is 5. The number of aromatic amines is 1. The summed E-state index contributed by atoms with van der Waals surface area (Å²) < 4.78 is 3.99. The number of H-pyrrole nitrogens is 1. The second-order valence-electron chi connectivity index (χ2n) is 8.04. The minimum Gasteiger partial charge on any atom is -0.366 e. The maximum Gasteiger partial charge on any atom is 0.350 e. The third kappa shape index (κ3) is 3.76. The predicted molar refractivity (Wildman–Crippen MR) is 132 cm³/mol. The van der Waals surface area contributed by atoms with Gasteiger partial charge in [-0.1, -0.05) is 6.07 Å². The summed E-state index contributed by atoms with van der Waals surface area (Å²) in [4.78, 5) is 54.0. The lowest BCUT2D eigenvalue weighted by molar-refractivity contribution is 0.0995. The molecular weight excluding hydrogens is 464 g/mol. The lowest BCUT2D eigenvalue weighted by Crippen LogP contribution is -2.22. The highest BCUT2D eigenvalue weighted by molar-refractivity contribution is 6.10. The van der Waals surface area contributed by atoms with E-state index < -0.39 is 11.8 Å². The van der Waals surface area contributed by atoms with Gasteiger partial charge in [0, 0.05) is 24.5 Å². The SMILES string of the molecule is Cc1nn(C)c(=O)n1-c1ccc(-n2[nH]c3c(C(=O)Nc4cccc(C(N)=O)c4)nccc3c2=O)cc1. The van der Waals surface area contributed by atoms with Crippen LogP contribution in [0, 0.1) is 6.92 Å². The van der Waals surface area contributed by atoms with E-state index in [1.165, 1.54) is 38.3 Å². The van der Waals surface area contributed by atoms with Crippen molar-refractivity contribution in [1.29, 1.82) is 0 Å². The second-order valence-corrected chi connectivity index (χ2v) is 8.04. The van der Waals surface area contributed by atoms with E-state index in [4.69, 9.17) is 5.73 Å². The van der Waals surface area contributed by atoms with Gasteiger partial charge in [0.25, 0.3) is 11.5 Å². The highest BCUT2D eigenvalue weighted by Crippen LogP contribution is 2.18. The number of nitrogens with two attached hydrogens (primary N) is 1. The van der Waals surface area contributed by atoms with Crippen LogP contribution in [-0.4, -0.2) is 40.9 Å². The Bertz CT molecular complexity index is 1770. The van der Waals surface area contributed by atoms with E-state index in [0.29, 0.717) is 22.9 Å². The van der Waals surface area contributed by atoms with Gasteiger partial charge in [-0.25, -0.2) is 23.7 Å². The van der Waals surface area contributed by atoms with Crippen molar-refractivity contribution in [1.82, 2.24) is 29.1 Å². The van der Waals surface area contributed by atoms with Crippen LogP contribution in [0.25, 0.3) is 22.3 Å². The molecule has 0 fully saturated rings. The van der Waals surface area contributed by atoms with Crippen molar-refractivity contribution in [2.24, 2.45) is 12.8 Å². The molecule has 2 amide bonds. The van der Waals surface area contributed by atoms with Gasteiger partial charge in [-0.3, -0.25) is 19.5 Å². The number of carbonyl (C=O) groups excluding carboxylic acids is 2. The normalized spacial score (nSPS) is 11.1. The fourth-order valence-corrected chi connectivity index (χ4v) is 3.97. The summed E-state index contributed by atoms with van der Waals surface area (Å²) in [7, 11) is 1.57. The summed E-state index contributed by atoms with van der Waals surface area (Å²) in [5, 5.41) is 10.0. The zero-order valence-electron chi connectivity index (χ0n) is 19.2. The Hall–Kier alpha value is -5.26. The molecule has 0 bridgehead atoms. The highest BCUT2D eigenvalue weighted by Gasteiger charge is 2.18. The first kappa shape index (κ1) is 22.5. The monoisotopic (exact) mass is 484 g/mol. The number of carbonyl (C=O) groups is 2. The van der Waals surface area contributed by atoms with Crippen molar-refractivity contribution >= 4 is 28.4 Å². The number of primary amides is 1. The molecule has 2 aromatic carbocycles. The molecule has 4 N–H and O–H groups in total. The summed E-state index contributed by atoms with van der Waals surface area (Å²) in [6, 6.07) is 14.4. The molecule has 0 saturated heterocycles. The first-order valence-electron chi connectivity index (χ1n) is 10.8. The molecule has 12 nitrogen and oxygen atoms in total. The number of aromatic nitrogens is 6. The van der Waals surface area contributed by atoms with E-state index >= 15 is 0 Å². The molecule has 0 aliphatic carbocycles. The molecule has 0 unspecified atom stereocenters. The number of nitrogens with one attached hydrogen (secondary N) is 2. The summed E-state index contributed by atoms with van der Waals surface area (Å²) in [5.41, 5.74) is 6.58. The molecule has 0 spiro atoms. The standard InChI is InChI=1S/C24H20N8O4/c1-13-28-30(2)24(36)31(13)16-6-8-17(9-7-16)32-23(35)18-10-11-26-20(19(18)29-32)22(34)27-15-5-3-4-14(12-15)21(25)33/h3-12,29H,1-2H3,(H2,25,33)(H,27,34). The summed E-state index contributed by atoms with van der Waals surface area (Å²) >= 11 is 0. The molecule has 0 radical (unpaired) electrons. The van der Waals surface area contributed by atoms with Gasteiger partial charge in [0.05, 0.1) is 22.3 Å². The number of aryl methyl sites for hydroxylation is 2. The molecule has 36 heavy (non-hydrogen) atoms. The van der Waals surface area contributed by atoms with E-state index in [1.807, 2.05) is 0 Å². The molecule has 0 aliphatic rings. The summed E-state index contributed by atoms with van der Waals surface area (Å²) in [5.74, 6) is -0.666. The Morgan fingerprint density at radius 3 is 2.42 bits per heavy atom. The number of amides is 2. The number of anilines is 1. The molecule has 5 aromatic rings. The molecule has 5 rings (SSSR count). The highest BCUT2D eigenvalue weighted by atomic mass is 16.2. The van der Waals surface area contributed by atoms with Crippen LogP contribution in [0.4, 0.5) is 5.69 Å². The minimum absolute atomic E-state index is 0.00184. The molecule has 0 atom stereocenters. The Morgan fingerprint density at radius 2 is 1.75 bits per heavy atom. The predicted octanol–water partition coefficient (Wildman–Crippen LogP) is 1.26. The van der Waals surface area contributed by atoms with E-state index in [9.17, 15) is 19.2 Å². The smallest absolute Gasteiger partial charge is 0.350 e. The maximum absolute atomic E-state index is 13.1. The zero-order valence-corrected chi connectivity index (χ0v) is 19.2. The van der Waals surface area contributed by atoms with E-state index in [2.05, 4.69) is 20.5 Å². The van der Waals surface area contributed by atoms with Gasteiger partial charge in [-0.05, 0) is 55.5 Å². The first-order valence-corrected chi connectivity index (χ1v) is 10.8. The number of rotatable bonds is 5. The van der Waals surface area contributed by atoms with Crippen molar-refractivity contribution < 1.29 is 9.59 Å². The number of fused-ring (bicyclic) bond motifs is 1. The Balaban J connectivity index is 1.51. The average molecular weight is 484 g/mol. The van der Waals surface area contributed by atoms with Gasteiger partial charge in [-0.15, -0.1) is 0 Å². The van der Waals surface area contributed by atoms with Crippen LogP contribution in [0.1, 0.15) is 26.7 Å². The van der Waals surface area contributed by atoms with Crippen molar-refractivity contribution in [2.45, 2.75) is 6.92 Å². The van der Waals surface area contributed by atoms with Crippen LogP contribution in [-0.2, 0) is 7.05 Å². The van der Waals surface area contributed by atoms with Crippen molar-refractivity contribution in [2.75, 3.05) is 5.32 Å². The lowest BCUT2D eigenvalue weighted by Gasteiger charge is -2.07. The van der Waals surface area contributed by atoms with Crippen LogP contribution in [0.15, 0.2) is 70.4 Å². The molecule has 12 heteroatoms. The first-order chi connectivity index (χ1) is 17.2. The fraction of sp³-hybridized carbons (Fsp3) is 0.0833. The summed E-state index contributed by atoms with van der Waals surface area (Å²) in [6.45, 7) is 1.72. The van der Waals surface area contributed by atoms with Crippen LogP contribution < -0.4 is 22.3 Å². The maximum atomic E-state index is 13.1. The number of benzene rings is 2. The Labute approximate surface area is 202 Å². The topological polar surface area (TPSA) is 163 Å². The number of hydrogen-bond acceptors (Lipinski definition) is 6. The molecule has 180 valence electrons. The molecule has 3 aromatic heterocycles. The average Bonchev–Trinajstić information content (AvgIpc) is 3.33. The van der Waals surface area contributed by atoms with Crippen LogP contribution in [0.3, 0.4) is 0 Å². The third-order valence-electron chi connectivity index (χ3n) is 5.68. The van der Waals surface area contributed by atoms with Crippen LogP contribution >= 0.6 is 0 Å². The van der Waals surface area contributed by atoms with Gasteiger partial charge >= 0.3 is 5.69 Å². The quantitative estimate of drug-likeness (QED) is 0.340. The molecule has 0 aliphatic heterocycles. The second kappa shape index (κ2) is 8.51. The van der Waals surface area contributed by atoms with Crippen LogP contribution in [0.2, 0.25) is 0 Å². The van der Waals surface area contributed by atoms with Crippen molar-refractivity contribution in [3.8, 4) is 11.4 Å². The van der Waals surface area contributed by atoms with Gasteiger partial charge in [0.15, 0.2) is 5.69 Å². The van der Waals surface area contributed by atoms with Gasteiger partial charge in [0.2, 0.25) is 5.91 Å². The van der Waals surface area contributed by atoms with E-state index in [1.54, 1.807) is 50.4 Å². The van der Waals surface area contributed by atoms with Crippen LogP contribution in [0.5, 0.6) is 0 Å². The fourth-order valence-electron chi connectivity index (χ4n) is 3.97. The third-order valence-corrected chi connectivity index (χ3v) is 5.68. The molecule has 0 saturated carbocycles. The van der Waals surface area contributed by atoms with Gasteiger partial charge in [0.1, 0.15) is 5.82 Å². The van der Waals surface area contributed by atoms with E-state index in [0.717, 1.165) is 0 Å². The van der Waals surface area contributed by atoms with Crippen molar-refractivity contribution in [3.63, 3.8) is 0 Å². The Kier molecular flexibility index (Phi) is 5.32. The molecule has 3 heterocycles. The summed E-state index contributed by atoms with van der Waals surface area (Å²) in [6.07, 6.45) is 1.37. The largest absolute Gasteiger partial charge is 0.366 e. The van der Waals surface area contributed by atoms with Gasteiger partial charge < -0.3 is 11.1 Å². The Morgan fingerprint density at radius 1 is 1.03 bits per heavy atom. The molecular formula is C24H20N8O4. The number of hydrogen-bond donors (Lipinski definition) is 3. The number of pyridine rings is 1. The van der Waals surface area contributed by atoms with Gasteiger partial charge in [-0.2, -0.15) is 5.10 Å². The lowest BCUT2D eigenvalue weighted by atomic mass is 10.2. The zero-order chi connectivity index (χ0) is 25.6. The minimum atomic E-state index is -0.623. The van der Waals surface area contributed by atoms with Crippen molar-refractivity contribution in [3.05, 3.63) is 98.7 Å². The van der Waals surface area contributed by atoms with E-state index in [-0.39, 0.29) is 33.4 Å².